The van der Waals surface area contributed by atoms with Crippen LogP contribution >= 0.6 is 0 Å². The summed E-state index contributed by atoms with van der Waals surface area (Å²) in [7, 11) is 0. The maximum atomic E-state index is 12.2. The van der Waals surface area contributed by atoms with Gasteiger partial charge in [-0.3, -0.25) is 9.69 Å². The van der Waals surface area contributed by atoms with Crippen molar-refractivity contribution in [3.63, 3.8) is 0 Å². The van der Waals surface area contributed by atoms with Gasteiger partial charge in [0.1, 0.15) is 6.54 Å². The Morgan fingerprint density at radius 2 is 2.00 bits per heavy atom. The van der Waals surface area contributed by atoms with Gasteiger partial charge in [0.2, 0.25) is 5.91 Å². The van der Waals surface area contributed by atoms with E-state index in [-0.39, 0.29) is 18.5 Å². The van der Waals surface area contributed by atoms with Crippen molar-refractivity contribution in [1.82, 2.24) is 10.2 Å². The molecule has 1 aromatic rings. The molecule has 6 nitrogen and oxygen atoms in total. The standard InChI is InChI=1S/C14H20N4O2/c1-2-7-16-13(19)10-17-8-9-18(14(17)20)12-5-3-11(15)4-6-12/h3-6H,2,7-10,15H2,1H3,(H,16,19). The van der Waals surface area contributed by atoms with Gasteiger partial charge in [0.15, 0.2) is 0 Å². The number of hydrogen-bond acceptors (Lipinski definition) is 3. The number of benzene rings is 1. The van der Waals surface area contributed by atoms with Crippen LogP contribution in [0.1, 0.15) is 13.3 Å². The maximum Gasteiger partial charge on any atom is 0.325 e. The van der Waals surface area contributed by atoms with E-state index in [0.29, 0.717) is 25.3 Å². The molecule has 0 saturated carbocycles. The van der Waals surface area contributed by atoms with Gasteiger partial charge in [-0.1, -0.05) is 6.92 Å². The van der Waals surface area contributed by atoms with E-state index in [1.807, 2.05) is 19.1 Å². The second kappa shape index (κ2) is 6.27. The molecule has 0 radical (unpaired) electrons. The van der Waals surface area contributed by atoms with Gasteiger partial charge < -0.3 is 16.0 Å². The fourth-order valence-corrected chi connectivity index (χ4v) is 2.12. The maximum absolute atomic E-state index is 12.2. The Balaban J connectivity index is 1.95. The molecule has 0 aliphatic carbocycles. The fourth-order valence-electron chi connectivity index (χ4n) is 2.12. The number of nitrogens with two attached hydrogens (primary N) is 1. The molecule has 1 aliphatic heterocycles. The minimum absolute atomic E-state index is 0.112. The molecule has 0 spiro atoms. The fraction of sp³-hybridized carbons (Fsp3) is 0.429. The van der Waals surface area contributed by atoms with Gasteiger partial charge in [0.05, 0.1) is 0 Å². The predicted octanol–water partition coefficient (Wildman–Crippen LogP) is 1.04. The van der Waals surface area contributed by atoms with Gasteiger partial charge in [-0.2, -0.15) is 0 Å². The summed E-state index contributed by atoms with van der Waals surface area (Å²) in [5.74, 6) is -0.112. The lowest BCUT2D eigenvalue weighted by molar-refractivity contribution is -0.121. The van der Waals surface area contributed by atoms with E-state index in [0.717, 1.165) is 12.1 Å². The van der Waals surface area contributed by atoms with E-state index < -0.39 is 0 Å². The minimum Gasteiger partial charge on any atom is -0.399 e. The Kier molecular flexibility index (Phi) is 4.45. The predicted molar refractivity (Wildman–Crippen MR) is 78.5 cm³/mol. The quantitative estimate of drug-likeness (QED) is 0.789. The Hall–Kier alpha value is -2.24. The van der Waals surface area contributed by atoms with Gasteiger partial charge in [-0.15, -0.1) is 0 Å². The van der Waals surface area contributed by atoms with E-state index in [1.54, 1.807) is 21.9 Å². The molecule has 1 saturated heterocycles. The highest BCUT2D eigenvalue weighted by molar-refractivity contribution is 5.96. The highest BCUT2D eigenvalue weighted by Gasteiger charge is 2.30. The topological polar surface area (TPSA) is 78.7 Å². The summed E-state index contributed by atoms with van der Waals surface area (Å²) >= 11 is 0. The van der Waals surface area contributed by atoms with Crippen LogP contribution in [0.25, 0.3) is 0 Å². The Bertz CT molecular complexity index is 486. The molecule has 1 fully saturated rings. The first-order chi connectivity index (χ1) is 9.61. The zero-order valence-electron chi connectivity index (χ0n) is 11.6. The summed E-state index contributed by atoms with van der Waals surface area (Å²) < 4.78 is 0. The van der Waals surface area contributed by atoms with E-state index in [4.69, 9.17) is 5.73 Å². The van der Waals surface area contributed by atoms with Gasteiger partial charge in [-0.25, -0.2) is 4.79 Å². The number of rotatable bonds is 5. The molecule has 3 N–H and O–H groups in total. The number of nitrogen functional groups attached to an aromatic ring is 1. The van der Waals surface area contributed by atoms with Crippen LogP contribution in [0.5, 0.6) is 0 Å². The summed E-state index contributed by atoms with van der Waals surface area (Å²) in [4.78, 5) is 27.1. The first-order valence-corrected chi connectivity index (χ1v) is 6.80. The molecule has 3 amide bonds. The normalized spacial score (nSPS) is 14.8. The molecule has 1 heterocycles. The zero-order chi connectivity index (χ0) is 14.5. The molecule has 108 valence electrons. The molecule has 0 bridgehead atoms. The third-order valence-corrected chi connectivity index (χ3v) is 3.21. The molecular formula is C14H20N4O2. The highest BCUT2D eigenvalue weighted by Crippen LogP contribution is 2.21. The average molecular weight is 276 g/mol. The van der Waals surface area contributed by atoms with Gasteiger partial charge in [0.25, 0.3) is 0 Å². The monoisotopic (exact) mass is 276 g/mol. The van der Waals surface area contributed by atoms with Crippen molar-refractivity contribution in [3.05, 3.63) is 24.3 Å². The van der Waals surface area contributed by atoms with Gasteiger partial charge in [0, 0.05) is 31.0 Å². The first kappa shape index (κ1) is 14.2. The Labute approximate surface area is 118 Å². The third kappa shape index (κ3) is 3.20. The molecule has 0 unspecified atom stereocenters. The average Bonchev–Trinajstić information content (AvgIpc) is 2.79. The highest BCUT2D eigenvalue weighted by atomic mass is 16.2. The smallest absolute Gasteiger partial charge is 0.325 e. The molecule has 1 aliphatic rings. The van der Waals surface area contributed by atoms with Crippen LogP contribution in [-0.4, -0.2) is 43.0 Å². The van der Waals surface area contributed by atoms with Crippen LogP contribution in [0, 0.1) is 0 Å². The van der Waals surface area contributed by atoms with Gasteiger partial charge >= 0.3 is 6.03 Å². The molecule has 0 aromatic heterocycles. The van der Waals surface area contributed by atoms with Crippen LogP contribution in [0.2, 0.25) is 0 Å². The molecule has 6 heteroatoms. The van der Waals surface area contributed by atoms with E-state index in [2.05, 4.69) is 5.32 Å². The summed E-state index contributed by atoms with van der Waals surface area (Å²) in [6.45, 7) is 3.89. The Morgan fingerprint density at radius 3 is 2.65 bits per heavy atom. The number of carbonyl (C=O) groups excluding carboxylic acids is 2. The van der Waals surface area contributed by atoms with Crippen LogP contribution < -0.4 is 16.0 Å². The Morgan fingerprint density at radius 1 is 1.30 bits per heavy atom. The second-order valence-electron chi connectivity index (χ2n) is 4.80. The lowest BCUT2D eigenvalue weighted by atomic mass is 10.2. The lowest BCUT2D eigenvalue weighted by Crippen LogP contribution is -2.40. The summed E-state index contributed by atoms with van der Waals surface area (Å²) in [5.41, 5.74) is 7.10. The van der Waals surface area contributed by atoms with E-state index in [9.17, 15) is 9.59 Å². The first-order valence-electron chi connectivity index (χ1n) is 6.80. The number of amides is 3. The van der Waals surface area contributed by atoms with Crippen molar-refractivity contribution in [2.24, 2.45) is 0 Å². The van der Waals surface area contributed by atoms with Crippen molar-refractivity contribution in [2.75, 3.05) is 36.8 Å². The van der Waals surface area contributed by atoms with Crippen molar-refractivity contribution in [1.29, 1.82) is 0 Å². The molecular weight excluding hydrogens is 256 g/mol. The van der Waals surface area contributed by atoms with Crippen molar-refractivity contribution in [3.8, 4) is 0 Å². The van der Waals surface area contributed by atoms with Crippen LogP contribution in [0.3, 0.4) is 0 Å². The van der Waals surface area contributed by atoms with E-state index in [1.165, 1.54) is 0 Å². The van der Waals surface area contributed by atoms with E-state index >= 15 is 0 Å². The lowest BCUT2D eigenvalue weighted by Gasteiger charge is -2.18. The van der Waals surface area contributed by atoms with Gasteiger partial charge in [-0.05, 0) is 30.7 Å². The second-order valence-corrected chi connectivity index (χ2v) is 4.80. The number of nitrogens with one attached hydrogen (secondary N) is 1. The molecule has 1 aromatic carbocycles. The zero-order valence-corrected chi connectivity index (χ0v) is 11.6. The van der Waals surface area contributed by atoms with Crippen molar-refractivity contribution >= 4 is 23.3 Å². The van der Waals surface area contributed by atoms with Crippen LogP contribution in [0.4, 0.5) is 16.2 Å². The van der Waals surface area contributed by atoms with Crippen LogP contribution in [0.15, 0.2) is 24.3 Å². The number of hydrogen-bond donors (Lipinski definition) is 2. The summed E-state index contributed by atoms with van der Waals surface area (Å²) in [6, 6.07) is 7.02. The third-order valence-electron chi connectivity index (χ3n) is 3.21. The van der Waals surface area contributed by atoms with Crippen molar-refractivity contribution in [2.45, 2.75) is 13.3 Å². The number of urea groups is 1. The summed E-state index contributed by atoms with van der Waals surface area (Å²) in [6.07, 6.45) is 0.886. The molecule has 2 rings (SSSR count). The SMILES string of the molecule is CCCNC(=O)CN1CCN(c2ccc(N)cc2)C1=O. The minimum atomic E-state index is -0.138. The van der Waals surface area contributed by atoms with Crippen molar-refractivity contribution < 1.29 is 9.59 Å². The summed E-state index contributed by atoms with van der Waals surface area (Å²) in [5, 5.41) is 2.77. The number of nitrogens with zero attached hydrogens (tertiary/aromatic N) is 2. The molecule has 0 atom stereocenters. The largest absolute Gasteiger partial charge is 0.399 e. The van der Waals surface area contributed by atoms with Crippen LogP contribution in [-0.2, 0) is 4.79 Å². The molecule has 20 heavy (non-hydrogen) atoms. The number of carbonyl (C=O) groups is 2. The number of anilines is 2.